The number of aryl methyl sites for hydroxylation is 1. The maximum absolute atomic E-state index is 11.7. The molecule has 3 heteroatoms. The lowest BCUT2D eigenvalue weighted by Crippen LogP contribution is -2.28. The standard InChI is InChI=1S/C15H21NO2/c1-4-18-14(17)8-13-11(3)9-16-15-10(2)6-5-7-12(13)15/h5-7,11,13,16H,4,8-9H2,1-3H3. The van der Waals surface area contributed by atoms with Crippen molar-refractivity contribution in [3.05, 3.63) is 29.3 Å². The SMILES string of the molecule is CCOC(=O)CC1c2cccc(C)c2NCC1C. The highest BCUT2D eigenvalue weighted by molar-refractivity contribution is 5.72. The predicted molar refractivity (Wildman–Crippen MR) is 72.8 cm³/mol. The zero-order valence-electron chi connectivity index (χ0n) is 11.3. The maximum Gasteiger partial charge on any atom is 0.306 e. The molecule has 1 heterocycles. The van der Waals surface area contributed by atoms with E-state index in [4.69, 9.17) is 4.74 Å². The number of hydrogen-bond acceptors (Lipinski definition) is 3. The Kier molecular flexibility index (Phi) is 3.90. The van der Waals surface area contributed by atoms with Crippen LogP contribution in [0.1, 0.15) is 37.3 Å². The summed E-state index contributed by atoms with van der Waals surface area (Å²) in [4.78, 5) is 11.7. The molecule has 0 aromatic heterocycles. The van der Waals surface area contributed by atoms with Gasteiger partial charge >= 0.3 is 5.97 Å². The van der Waals surface area contributed by atoms with Crippen LogP contribution in [-0.4, -0.2) is 19.1 Å². The van der Waals surface area contributed by atoms with Crippen molar-refractivity contribution in [1.29, 1.82) is 0 Å². The van der Waals surface area contributed by atoms with E-state index in [1.54, 1.807) is 0 Å². The van der Waals surface area contributed by atoms with Crippen LogP contribution in [0.15, 0.2) is 18.2 Å². The van der Waals surface area contributed by atoms with Crippen molar-refractivity contribution in [3.8, 4) is 0 Å². The number of fused-ring (bicyclic) bond motifs is 1. The molecule has 3 nitrogen and oxygen atoms in total. The first-order chi connectivity index (χ1) is 8.63. The Bertz CT molecular complexity index is 442. The molecular weight excluding hydrogens is 226 g/mol. The first-order valence-corrected chi connectivity index (χ1v) is 6.62. The predicted octanol–water partition coefficient (Wildman–Crippen LogP) is 3.09. The molecule has 18 heavy (non-hydrogen) atoms. The minimum absolute atomic E-state index is 0.0938. The van der Waals surface area contributed by atoms with Gasteiger partial charge in [-0.15, -0.1) is 0 Å². The largest absolute Gasteiger partial charge is 0.466 e. The number of carbonyl (C=O) groups is 1. The average Bonchev–Trinajstić information content (AvgIpc) is 2.33. The second kappa shape index (κ2) is 5.42. The van der Waals surface area contributed by atoms with Gasteiger partial charge in [0.25, 0.3) is 0 Å². The van der Waals surface area contributed by atoms with Gasteiger partial charge < -0.3 is 10.1 Å². The number of para-hydroxylation sites is 1. The van der Waals surface area contributed by atoms with Crippen LogP contribution in [0.3, 0.4) is 0 Å². The summed E-state index contributed by atoms with van der Waals surface area (Å²) >= 11 is 0. The molecule has 98 valence electrons. The summed E-state index contributed by atoms with van der Waals surface area (Å²) in [5.41, 5.74) is 3.69. The molecule has 1 N–H and O–H groups in total. The molecule has 0 saturated carbocycles. The summed E-state index contributed by atoms with van der Waals surface area (Å²) in [6.07, 6.45) is 0.479. The first-order valence-electron chi connectivity index (χ1n) is 6.62. The lowest BCUT2D eigenvalue weighted by molar-refractivity contribution is -0.143. The van der Waals surface area contributed by atoms with Crippen LogP contribution >= 0.6 is 0 Å². The average molecular weight is 247 g/mol. The first kappa shape index (κ1) is 12.9. The minimum atomic E-state index is -0.0938. The molecule has 0 aliphatic carbocycles. The topological polar surface area (TPSA) is 38.3 Å². The van der Waals surface area contributed by atoms with Gasteiger partial charge in [0.2, 0.25) is 0 Å². The van der Waals surface area contributed by atoms with Gasteiger partial charge in [0.1, 0.15) is 0 Å². The van der Waals surface area contributed by atoms with E-state index in [2.05, 4.69) is 37.4 Å². The van der Waals surface area contributed by atoms with Gasteiger partial charge in [-0.05, 0) is 30.9 Å². The minimum Gasteiger partial charge on any atom is -0.466 e. The number of ether oxygens (including phenoxy) is 1. The molecule has 2 atom stereocenters. The number of hydrogen-bond donors (Lipinski definition) is 1. The smallest absolute Gasteiger partial charge is 0.306 e. The zero-order valence-corrected chi connectivity index (χ0v) is 11.3. The van der Waals surface area contributed by atoms with Crippen LogP contribution in [0, 0.1) is 12.8 Å². The van der Waals surface area contributed by atoms with E-state index in [-0.39, 0.29) is 11.9 Å². The highest BCUT2D eigenvalue weighted by Crippen LogP contribution is 2.39. The summed E-state index contributed by atoms with van der Waals surface area (Å²) in [5.74, 6) is 0.618. The molecule has 1 aromatic rings. The Morgan fingerprint density at radius 2 is 2.28 bits per heavy atom. The quantitative estimate of drug-likeness (QED) is 0.834. The van der Waals surface area contributed by atoms with E-state index in [1.165, 1.54) is 16.8 Å². The van der Waals surface area contributed by atoms with Crippen LogP contribution < -0.4 is 5.32 Å². The van der Waals surface area contributed by atoms with E-state index in [0.29, 0.717) is 18.9 Å². The zero-order chi connectivity index (χ0) is 13.1. The second-order valence-corrected chi connectivity index (χ2v) is 5.01. The third-order valence-electron chi connectivity index (χ3n) is 3.68. The number of anilines is 1. The molecule has 0 spiro atoms. The number of esters is 1. The number of nitrogens with one attached hydrogen (secondary N) is 1. The lowest BCUT2D eigenvalue weighted by Gasteiger charge is -2.32. The Balaban J connectivity index is 2.25. The van der Waals surface area contributed by atoms with E-state index in [9.17, 15) is 4.79 Å². The molecule has 0 saturated heterocycles. The normalized spacial score (nSPS) is 21.9. The van der Waals surface area contributed by atoms with E-state index in [1.807, 2.05) is 6.92 Å². The molecule has 2 rings (SSSR count). The van der Waals surface area contributed by atoms with Crippen molar-refractivity contribution >= 4 is 11.7 Å². The molecule has 1 aliphatic heterocycles. The lowest BCUT2D eigenvalue weighted by atomic mass is 9.80. The summed E-state index contributed by atoms with van der Waals surface area (Å²) < 4.78 is 5.08. The second-order valence-electron chi connectivity index (χ2n) is 5.01. The third-order valence-corrected chi connectivity index (χ3v) is 3.68. The Morgan fingerprint density at radius 3 is 3.00 bits per heavy atom. The highest BCUT2D eigenvalue weighted by Gasteiger charge is 2.29. The summed E-state index contributed by atoms with van der Waals surface area (Å²) in [5, 5.41) is 3.46. The number of rotatable bonds is 3. The monoisotopic (exact) mass is 247 g/mol. The fraction of sp³-hybridized carbons (Fsp3) is 0.533. The third kappa shape index (κ3) is 2.50. The van der Waals surface area contributed by atoms with Crippen LogP contribution in [0.5, 0.6) is 0 Å². The maximum atomic E-state index is 11.7. The molecule has 1 aliphatic rings. The molecule has 0 amide bonds. The molecule has 0 bridgehead atoms. The van der Waals surface area contributed by atoms with Crippen molar-refractivity contribution in [2.75, 3.05) is 18.5 Å². The Hall–Kier alpha value is -1.51. The van der Waals surface area contributed by atoms with Crippen molar-refractivity contribution in [2.45, 2.75) is 33.1 Å². The van der Waals surface area contributed by atoms with Crippen molar-refractivity contribution in [3.63, 3.8) is 0 Å². The summed E-state index contributed by atoms with van der Waals surface area (Å²) in [6.45, 7) is 7.51. The molecule has 0 radical (unpaired) electrons. The van der Waals surface area contributed by atoms with Crippen molar-refractivity contribution < 1.29 is 9.53 Å². The van der Waals surface area contributed by atoms with E-state index >= 15 is 0 Å². The molecule has 2 unspecified atom stereocenters. The van der Waals surface area contributed by atoms with Crippen LogP contribution in [0.4, 0.5) is 5.69 Å². The highest BCUT2D eigenvalue weighted by atomic mass is 16.5. The Labute approximate surface area is 109 Å². The van der Waals surface area contributed by atoms with Gasteiger partial charge in [0.05, 0.1) is 13.0 Å². The van der Waals surface area contributed by atoms with E-state index in [0.717, 1.165) is 6.54 Å². The van der Waals surface area contributed by atoms with Crippen LogP contribution in [0.25, 0.3) is 0 Å². The molecular formula is C15H21NO2. The van der Waals surface area contributed by atoms with Crippen molar-refractivity contribution in [1.82, 2.24) is 0 Å². The fourth-order valence-corrected chi connectivity index (χ4v) is 2.66. The fourth-order valence-electron chi connectivity index (χ4n) is 2.66. The van der Waals surface area contributed by atoms with Crippen molar-refractivity contribution in [2.24, 2.45) is 5.92 Å². The van der Waals surface area contributed by atoms with Gasteiger partial charge in [0, 0.05) is 18.2 Å². The van der Waals surface area contributed by atoms with Gasteiger partial charge in [-0.2, -0.15) is 0 Å². The van der Waals surface area contributed by atoms with E-state index < -0.39 is 0 Å². The molecule has 0 fully saturated rings. The van der Waals surface area contributed by atoms with Crippen LogP contribution in [0.2, 0.25) is 0 Å². The van der Waals surface area contributed by atoms with Gasteiger partial charge in [0.15, 0.2) is 0 Å². The summed E-state index contributed by atoms with van der Waals surface area (Å²) in [7, 11) is 0. The number of benzene rings is 1. The van der Waals surface area contributed by atoms with Gasteiger partial charge in [-0.3, -0.25) is 4.79 Å². The van der Waals surface area contributed by atoms with Crippen LogP contribution in [-0.2, 0) is 9.53 Å². The Morgan fingerprint density at radius 1 is 1.50 bits per heavy atom. The van der Waals surface area contributed by atoms with Gasteiger partial charge in [-0.1, -0.05) is 25.1 Å². The van der Waals surface area contributed by atoms with Gasteiger partial charge in [-0.25, -0.2) is 0 Å². The summed E-state index contributed by atoms with van der Waals surface area (Å²) in [6, 6.07) is 6.28. The molecule has 1 aromatic carbocycles. The number of carbonyl (C=O) groups excluding carboxylic acids is 1.